The van der Waals surface area contributed by atoms with Crippen LogP contribution in [0.4, 0.5) is 11.4 Å². The molecule has 0 amide bonds. The lowest BCUT2D eigenvalue weighted by Crippen LogP contribution is -2.13. The summed E-state index contributed by atoms with van der Waals surface area (Å²) >= 11 is 0. The minimum Gasteiger partial charge on any atom is -0.493 e. The number of nitrogen functional groups attached to an aromatic ring is 1. The van der Waals surface area contributed by atoms with Crippen molar-refractivity contribution < 1.29 is 22.6 Å². The molecule has 9 heteroatoms. The number of nitrogens with two attached hydrogens (primary N) is 1. The zero-order valence-electron chi connectivity index (χ0n) is 18.3. The fraction of sp³-hybridized carbons (Fsp3) is 0.217. The van der Waals surface area contributed by atoms with Crippen LogP contribution in [0.1, 0.15) is 6.92 Å². The predicted molar refractivity (Wildman–Crippen MR) is 126 cm³/mol. The van der Waals surface area contributed by atoms with Gasteiger partial charge in [0.2, 0.25) is 5.75 Å². The van der Waals surface area contributed by atoms with Crippen molar-refractivity contribution in [2.24, 2.45) is 0 Å². The largest absolute Gasteiger partial charge is 0.493 e. The fourth-order valence-corrected chi connectivity index (χ4v) is 5.03. The summed E-state index contributed by atoms with van der Waals surface area (Å²) in [6, 6.07) is 13.8. The highest BCUT2D eigenvalue weighted by atomic mass is 32.2. The lowest BCUT2D eigenvalue weighted by molar-refractivity contribution is 0.325. The van der Waals surface area contributed by atoms with Crippen LogP contribution in [0.5, 0.6) is 17.2 Å². The quantitative estimate of drug-likeness (QED) is 0.404. The van der Waals surface area contributed by atoms with Gasteiger partial charge in [-0.25, -0.2) is 8.42 Å². The SMILES string of the molecule is CCn1c2ccc(N)cc2c2cc(S(=O)(=O)Nc3cc(OC)c(OC)c(OC)c3)ccc21. The monoisotopic (exact) mass is 455 g/mol. The summed E-state index contributed by atoms with van der Waals surface area (Å²) in [7, 11) is 0.534. The number of hydrogen-bond acceptors (Lipinski definition) is 6. The number of rotatable bonds is 7. The Labute approximate surface area is 186 Å². The molecule has 3 N–H and O–H groups in total. The van der Waals surface area contributed by atoms with Crippen LogP contribution in [-0.4, -0.2) is 34.3 Å². The van der Waals surface area contributed by atoms with Crippen LogP contribution in [0.2, 0.25) is 0 Å². The summed E-state index contributed by atoms with van der Waals surface area (Å²) in [5.74, 6) is 1.08. The van der Waals surface area contributed by atoms with Crippen LogP contribution in [0, 0.1) is 0 Å². The minimum absolute atomic E-state index is 0.135. The van der Waals surface area contributed by atoms with E-state index in [1.165, 1.54) is 21.3 Å². The third-order valence-corrected chi connectivity index (χ3v) is 6.78. The maximum Gasteiger partial charge on any atom is 0.261 e. The van der Waals surface area contributed by atoms with Gasteiger partial charge in [0.1, 0.15) is 0 Å². The second kappa shape index (κ2) is 8.16. The van der Waals surface area contributed by atoms with Crippen LogP contribution in [0.15, 0.2) is 53.4 Å². The Morgan fingerprint density at radius 3 is 2.03 bits per heavy atom. The van der Waals surface area contributed by atoms with E-state index in [1.807, 2.05) is 31.2 Å². The summed E-state index contributed by atoms with van der Waals surface area (Å²) in [5.41, 5.74) is 8.86. The van der Waals surface area contributed by atoms with Crippen molar-refractivity contribution in [2.45, 2.75) is 18.4 Å². The highest BCUT2D eigenvalue weighted by Crippen LogP contribution is 2.40. The van der Waals surface area contributed by atoms with Crippen molar-refractivity contribution in [1.82, 2.24) is 4.57 Å². The molecule has 4 aromatic rings. The molecular weight excluding hydrogens is 430 g/mol. The molecule has 168 valence electrons. The number of benzene rings is 3. The van der Waals surface area contributed by atoms with E-state index in [9.17, 15) is 8.42 Å². The van der Waals surface area contributed by atoms with E-state index < -0.39 is 10.0 Å². The number of nitrogens with one attached hydrogen (secondary N) is 1. The Hall–Kier alpha value is -3.59. The molecule has 1 heterocycles. The zero-order chi connectivity index (χ0) is 23.0. The highest BCUT2D eigenvalue weighted by Gasteiger charge is 2.20. The molecule has 0 aliphatic carbocycles. The van der Waals surface area contributed by atoms with E-state index >= 15 is 0 Å². The summed E-state index contributed by atoms with van der Waals surface area (Å²) in [6.45, 7) is 2.80. The van der Waals surface area contributed by atoms with Crippen molar-refractivity contribution >= 4 is 43.2 Å². The van der Waals surface area contributed by atoms with Crippen molar-refractivity contribution in [3.63, 3.8) is 0 Å². The first-order chi connectivity index (χ1) is 15.3. The van der Waals surface area contributed by atoms with Crippen molar-refractivity contribution in [3.05, 3.63) is 48.5 Å². The van der Waals surface area contributed by atoms with E-state index in [0.29, 0.717) is 28.6 Å². The molecule has 0 unspecified atom stereocenters. The average Bonchev–Trinajstić information content (AvgIpc) is 3.10. The molecule has 4 rings (SSSR count). The van der Waals surface area contributed by atoms with Crippen molar-refractivity contribution in [3.8, 4) is 17.2 Å². The standard InChI is InChI=1S/C23H25N3O5S/c1-5-26-19-8-6-14(24)10-17(19)18-13-16(7-9-20(18)26)32(27,28)25-15-11-21(29-2)23(31-4)22(12-15)30-3/h6-13,25H,5,24H2,1-4H3. The van der Waals surface area contributed by atoms with Gasteiger partial charge >= 0.3 is 0 Å². The lowest BCUT2D eigenvalue weighted by Gasteiger charge is -2.15. The molecule has 0 saturated carbocycles. The predicted octanol–water partition coefficient (Wildman–Crippen LogP) is 4.22. The number of methoxy groups -OCH3 is 3. The van der Waals surface area contributed by atoms with E-state index in [2.05, 4.69) is 9.29 Å². The molecular formula is C23H25N3O5S. The highest BCUT2D eigenvalue weighted by molar-refractivity contribution is 7.92. The molecule has 8 nitrogen and oxygen atoms in total. The van der Waals surface area contributed by atoms with Crippen LogP contribution >= 0.6 is 0 Å². The number of ether oxygens (including phenoxy) is 3. The Bertz CT molecular complexity index is 1400. The topological polar surface area (TPSA) is 105 Å². The lowest BCUT2D eigenvalue weighted by atomic mass is 10.1. The van der Waals surface area contributed by atoms with Gasteiger partial charge in [-0.1, -0.05) is 0 Å². The second-order valence-electron chi connectivity index (χ2n) is 7.22. The van der Waals surface area contributed by atoms with Gasteiger partial charge in [0.25, 0.3) is 10.0 Å². The Kier molecular flexibility index (Phi) is 5.52. The maximum absolute atomic E-state index is 13.2. The van der Waals surface area contributed by atoms with Gasteiger partial charge in [-0.2, -0.15) is 0 Å². The molecule has 0 atom stereocenters. The molecule has 32 heavy (non-hydrogen) atoms. The summed E-state index contributed by atoms with van der Waals surface area (Å²) < 4.78 is 47.1. The molecule has 3 aromatic carbocycles. The van der Waals surface area contributed by atoms with Gasteiger partial charge in [-0.15, -0.1) is 0 Å². The number of aromatic nitrogens is 1. The molecule has 0 bridgehead atoms. The Morgan fingerprint density at radius 2 is 1.47 bits per heavy atom. The van der Waals surface area contributed by atoms with Gasteiger partial charge in [0.15, 0.2) is 11.5 Å². The van der Waals surface area contributed by atoms with Gasteiger partial charge in [-0.05, 0) is 43.3 Å². The van der Waals surface area contributed by atoms with Crippen molar-refractivity contribution in [1.29, 1.82) is 0 Å². The number of fused-ring (bicyclic) bond motifs is 3. The van der Waals surface area contributed by atoms with E-state index in [1.54, 1.807) is 24.3 Å². The van der Waals surface area contributed by atoms with Crippen LogP contribution in [0.25, 0.3) is 21.8 Å². The summed E-state index contributed by atoms with van der Waals surface area (Å²) in [6.07, 6.45) is 0. The number of sulfonamides is 1. The summed E-state index contributed by atoms with van der Waals surface area (Å²) in [4.78, 5) is 0.135. The number of hydrogen-bond donors (Lipinski definition) is 2. The smallest absolute Gasteiger partial charge is 0.261 e. The fourth-order valence-electron chi connectivity index (χ4n) is 3.96. The van der Waals surface area contributed by atoms with Crippen molar-refractivity contribution in [2.75, 3.05) is 31.8 Å². The maximum atomic E-state index is 13.2. The first kappa shape index (κ1) is 21.6. The molecule has 0 aliphatic rings. The minimum atomic E-state index is -3.89. The number of nitrogens with zero attached hydrogens (tertiary/aromatic N) is 1. The summed E-state index contributed by atoms with van der Waals surface area (Å²) in [5, 5.41) is 1.73. The molecule has 0 spiro atoms. The van der Waals surface area contributed by atoms with Crippen LogP contribution in [-0.2, 0) is 16.6 Å². The third-order valence-electron chi connectivity index (χ3n) is 5.40. The van der Waals surface area contributed by atoms with Gasteiger partial charge in [0.05, 0.1) is 31.9 Å². The first-order valence-corrected chi connectivity index (χ1v) is 11.5. The molecule has 0 saturated heterocycles. The first-order valence-electron chi connectivity index (χ1n) is 9.97. The van der Waals surface area contributed by atoms with E-state index in [4.69, 9.17) is 19.9 Å². The van der Waals surface area contributed by atoms with Gasteiger partial charge in [-0.3, -0.25) is 4.72 Å². The molecule has 0 aliphatic heterocycles. The molecule has 1 aromatic heterocycles. The zero-order valence-corrected chi connectivity index (χ0v) is 19.1. The molecule has 0 fully saturated rings. The van der Waals surface area contributed by atoms with E-state index in [-0.39, 0.29) is 4.90 Å². The van der Waals surface area contributed by atoms with Crippen LogP contribution < -0.4 is 24.7 Å². The normalized spacial score (nSPS) is 11.6. The Balaban J connectivity index is 1.82. The Morgan fingerprint density at radius 1 is 0.875 bits per heavy atom. The second-order valence-corrected chi connectivity index (χ2v) is 8.90. The van der Waals surface area contributed by atoms with Crippen LogP contribution in [0.3, 0.4) is 0 Å². The molecule has 0 radical (unpaired) electrons. The van der Waals surface area contributed by atoms with Gasteiger partial charge in [0, 0.05) is 46.2 Å². The number of aryl methyl sites for hydroxylation is 1. The average molecular weight is 456 g/mol. The third kappa shape index (κ3) is 3.54. The van der Waals surface area contributed by atoms with E-state index in [0.717, 1.165) is 28.4 Å². The van der Waals surface area contributed by atoms with Gasteiger partial charge < -0.3 is 24.5 Å². The number of anilines is 2.